The molecule has 0 aliphatic carbocycles. The van der Waals surface area contributed by atoms with E-state index in [0.29, 0.717) is 27.5 Å². The molecule has 0 atom stereocenters. The summed E-state index contributed by atoms with van der Waals surface area (Å²) in [6.07, 6.45) is 0. The van der Waals surface area contributed by atoms with Crippen molar-refractivity contribution in [3.63, 3.8) is 0 Å². The lowest BCUT2D eigenvalue weighted by Gasteiger charge is -2.11. The van der Waals surface area contributed by atoms with Crippen molar-refractivity contribution in [1.82, 2.24) is 4.98 Å². The van der Waals surface area contributed by atoms with Gasteiger partial charge >= 0.3 is 0 Å². The number of hydrogen-bond acceptors (Lipinski definition) is 4. The molecule has 4 rings (SSSR count). The first-order valence-electron chi connectivity index (χ1n) is 7.88. The number of fused-ring (bicyclic) bond motifs is 2. The van der Waals surface area contributed by atoms with Crippen molar-refractivity contribution in [3.8, 4) is 0 Å². The highest BCUT2D eigenvalue weighted by atomic mass is 32.2. The van der Waals surface area contributed by atoms with E-state index in [1.54, 1.807) is 36.4 Å². The van der Waals surface area contributed by atoms with Gasteiger partial charge in [-0.1, -0.05) is 18.2 Å². The number of hydrogen-bond donors (Lipinski definition) is 3. The van der Waals surface area contributed by atoms with E-state index in [9.17, 15) is 13.2 Å². The van der Waals surface area contributed by atoms with Crippen molar-refractivity contribution in [2.45, 2.75) is 4.90 Å². The van der Waals surface area contributed by atoms with Crippen molar-refractivity contribution >= 4 is 43.2 Å². The highest BCUT2D eigenvalue weighted by Gasteiger charge is 2.17. The van der Waals surface area contributed by atoms with Gasteiger partial charge in [-0.05, 0) is 48.5 Å². The summed E-state index contributed by atoms with van der Waals surface area (Å²) in [5.41, 5.74) is 7.33. The highest BCUT2D eigenvalue weighted by molar-refractivity contribution is 7.92. The lowest BCUT2D eigenvalue weighted by atomic mass is 10.1. The lowest BCUT2D eigenvalue weighted by Crippen LogP contribution is -2.15. The normalized spacial score (nSPS) is 11.7. The third-order valence-electron chi connectivity index (χ3n) is 4.17. The van der Waals surface area contributed by atoms with Gasteiger partial charge in [0, 0.05) is 16.6 Å². The van der Waals surface area contributed by atoms with Crippen molar-refractivity contribution in [3.05, 3.63) is 77.0 Å². The van der Waals surface area contributed by atoms with Crippen LogP contribution < -0.4 is 15.9 Å². The van der Waals surface area contributed by atoms with Crippen LogP contribution in [-0.2, 0) is 10.0 Å². The molecule has 26 heavy (non-hydrogen) atoms. The first-order chi connectivity index (χ1) is 12.5. The molecule has 3 aromatic carbocycles. The number of aromatic nitrogens is 1. The van der Waals surface area contributed by atoms with Gasteiger partial charge in [0.25, 0.3) is 10.0 Å². The maximum absolute atomic E-state index is 12.9. The Hall–Kier alpha value is -3.32. The molecule has 0 aliphatic rings. The maximum atomic E-state index is 12.9. The number of nitrogens with two attached hydrogens (primary N) is 1. The zero-order valence-electron chi connectivity index (χ0n) is 13.6. The van der Waals surface area contributed by atoms with Crippen molar-refractivity contribution in [2.75, 3.05) is 10.5 Å². The third kappa shape index (κ3) is 2.68. The fraction of sp³-hybridized carbons (Fsp3) is 0. The highest BCUT2D eigenvalue weighted by Crippen LogP contribution is 2.24. The number of para-hydroxylation sites is 1. The number of rotatable bonds is 3. The Labute approximate surface area is 149 Å². The van der Waals surface area contributed by atoms with Crippen LogP contribution in [0, 0.1) is 0 Å². The molecule has 0 spiro atoms. The molecule has 130 valence electrons. The molecule has 1 heterocycles. The largest absolute Gasteiger partial charge is 0.399 e. The Balaban J connectivity index is 1.91. The summed E-state index contributed by atoms with van der Waals surface area (Å²) in [6.45, 7) is 0. The van der Waals surface area contributed by atoms with Gasteiger partial charge in [-0.25, -0.2) is 8.42 Å². The minimum Gasteiger partial charge on any atom is -0.399 e. The molecule has 1 aromatic heterocycles. The molecular formula is C19H15N3O3S. The van der Waals surface area contributed by atoms with E-state index in [0.717, 1.165) is 0 Å². The van der Waals surface area contributed by atoms with Crippen LogP contribution >= 0.6 is 0 Å². The molecule has 7 heteroatoms. The molecule has 0 unspecified atom stereocenters. The summed E-state index contributed by atoms with van der Waals surface area (Å²) in [5.74, 6) is 0. The Morgan fingerprint density at radius 2 is 1.54 bits per heavy atom. The Morgan fingerprint density at radius 3 is 2.31 bits per heavy atom. The summed E-state index contributed by atoms with van der Waals surface area (Å²) in [4.78, 5) is 16.1. The summed E-state index contributed by atoms with van der Waals surface area (Å²) in [6, 6.07) is 18.0. The second-order valence-electron chi connectivity index (χ2n) is 5.90. The average molecular weight is 365 g/mol. The molecular weight excluding hydrogens is 350 g/mol. The van der Waals surface area contributed by atoms with E-state index in [1.807, 2.05) is 6.07 Å². The minimum atomic E-state index is -3.85. The molecule has 0 saturated carbocycles. The van der Waals surface area contributed by atoms with Crippen LogP contribution in [-0.4, -0.2) is 13.4 Å². The van der Waals surface area contributed by atoms with Crippen LogP contribution in [0.1, 0.15) is 0 Å². The van der Waals surface area contributed by atoms with Crippen LogP contribution in [0.25, 0.3) is 21.8 Å². The number of sulfonamides is 1. The Morgan fingerprint density at radius 1 is 0.846 bits per heavy atom. The monoisotopic (exact) mass is 365 g/mol. The number of H-pyrrole nitrogens is 1. The molecule has 4 N–H and O–H groups in total. The Bertz CT molecular complexity index is 1290. The van der Waals surface area contributed by atoms with E-state index < -0.39 is 10.0 Å². The lowest BCUT2D eigenvalue weighted by molar-refractivity contribution is 0.601. The van der Waals surface area contributed by atoms with Gasteiger partial charge in [-0.3, -0.25) is 9.52 Å². The molecule has 0 radical (unpaired) electrons. The summed E-state index contributed by atoms with van der Waals surface area (Å²) in [7, 11) is -3.85. The summed E-state index contributed by atoms with van der Waals surface area (Å²) in [5, 5.41) is 0.796. The van der Waals surface area contributed by atoms with Gasteiger partial charge in [-0.2, -0.15) is 0 Å². The molecule has 0 bridgehead atoms. The van der Waals surface area contributed by atoms with Gasteiger partial charge < -0.3 is 10.7 Å². The topological polar surface area (TPSA) is 105 Å². The second kappa shape index (κ2) is 5.89. The predicted octanol–water partition coefficient (Wildman–Crippen LogP) is 3.06. The van der Waals surface area contributed by atoms with Crippen molar-refractivity contribution in [1.29, 1.82) is 0 Å². The van der Waals surface area contributed by atoms with Crippen LogP contribution in [0.4, 0.5) is 11.4 Å². The van der Waals surface area contributed by atoms with Gasteiger partial charge in [-0.15, -0.1) is 0 Å². The third-order valence-corrected chi connectivity index (χ3v) is 5.55. The first kappa shape index (κ1) is 16.2. The minimum absolute atomic E-state index is 0.0703. The number of aromatic amines is 1. The number of pyridine rings is 1. The fourth-order valence-electron chi connectivity index (χ4n) is 2.91. The van der Waals surface area contributed by atoms with Crippen LogP contribution in [0.3, 0.4) is 0 Å². The van der Waals surface area contributed by atoms with Gasteiger partial charge in [0.15, 0.2) is 5.43 Å². The van der Waals surface area contributed by atoms with E-state index >= 15 is 0 Å². The molecule has 0 fully saturated rings. The van der Waals surface area contributed by atoms with Crippen molar-refractivity contribution < 1.29 is 8.42 Å². The molecule has 0 aliphatic heterocycles. The van der Waals surface area contributed by atoms with Gasteiger partial charge in [0.2, 0.25) is 0 Å². The summed E-state index contributed by atoms with van der Waals surface area (Å²) >= 11 is 0. The van der Waals surface area contributed by atoms with E-state index in [-0.39, 0.29) is 16.0 Å². The average Bonchev–Trinajstić information content (AvgIpc) is 2.62. The van der Waals surface area contributed by atoms with Gasteiger partial charge in [0.1, 0.15) is 0 Å². The van der Waals surface area contributed by atoms with Crippen LogP contribution in [0.2, 0.25) is 0 Å². The molecule has 6 nitrogen and oxygen atoms in total. The first-order valence-corrected chi connectivity index (χ1v) is 9.36. The van der Waals surface area contributed by atoms with Gasteiger partial charge in [0.05, 0.1) is 21.5 Å². The predicted molar refractivity (Wildman–Crippen MR) is 104 cm³/mol. The maximum Gasteiger partial charge on any atom is 0.261 e. The fourth-order valence-corrected chi connectivity index (χ4v) is 3.98. The molecule has 0 saturated heterocycles. The van der Waals surface area contributed by atoms with Crippen LogP contribution in [0.15, 0.2) is 76.4 Å². The number of anilines is 2. The van der Waals surface area contributed by atoms with Crippen LogP contribution in [0.5, 0.6) is 0 Å². The second-order valence-corrected chi connectivity index (χ2v) is 7.58. The zero-order valence-corrected chi connectivity index (χ0v) is 14.4. The smallest absolute Gasteiger partial charge is 0.261 e. The summed E-state index contributed by atoms with van der Waals surface area (Å²) < 4.78 is 27.8. The van der Waals surface area contributed by atoms with Crippen molar-refractivity contribution in [2.24, 2.45) is 0 Å². The number of nitrogens with one attached hydrogen (secondary N) is 2. The Kier molecular flexibility index (Phi) is 3.66. The molecule has 4 aromatic rings. The standard InChI is InChI=1S/C19H15N3O3S/c20-12-8-10-13(11-9-12)26(24,25)22-17-7-3-6-16-18(17)19(23)14-4-1-2-5-15(14)21-16/h1-11,22H,20H2,(H,21,23). The molecule has 0 amide bonds. The van der Waals surface area contributed by atoms with E-state index in [4.69, 9.17) is 5.73 Å². The van der Waals surface area contributed by atoms with E-state index in [1.165, 1.54) is 24.3 Å². The SMILES string of the molecule is Nc1ccc(S(=O)(=O)Nc2cccc3[nH]c4ccccc4c(=O)c23)cc1. The number of benzene rings is 3. The zero-order chi connectivity index (χ0) is 18.3. The number of nitrogen functional groups attached to an aromatic ring is 1. The van der Waals surface area contributed by atoms with E-state index in [2.05, 4.69) is 9.71 Å². The quantitative estimate of drug-likeness (QED) is 0.383.